The molecule has 7 heteroatoms. The number of halogens is 2. The van der Waals surface area contributed by atoms with Crippen molar-refractivity contribution in [2.24, 2.45) is 5.92 Å². The molecule has 2 rings (SSSR count). The fraction of sp³-hybridized carbons (Fsp3) is 0.500. The maximum absolute atomic E-state index is 12.2. The molecule has 1 aromatic rings. The number of amides is 2. The van der Waals surface area contributed by atoms with Gasteiger partial charge in [-0.2, -0.15) is 0 Å². The zero-order chi connectivity index (χ0) is 17.0. The van der Waals surface area contributed by atoms with Crippen molar-refractivity contribution in [1.82, 2.24) is 10.2 Å². The second-order valence-electron chi connectivity index (χ2n) is 5.95. The molecule has 1 N–H and O–H groups in total. The van der Waals surface area contributed by atoms with E-state index in [0.717, 1.165) is 13.0 Å². The Morgan fingerprint density at radius 3 is 2.78 bits per heavy atom. The lowest BCUT2D eigenvalue weighted by Gasteiger charge is -2.18. The fourth-order valence-corrected chi connectivity index (χ4v) is 3.08. The van der Waals surface area contributed by atoms with Crippen molar-refractivity contribution in [3.05, 3.63) is 28.2 Å². The Balaban J connectivity index is 1.93. The van der Waals surface area contributed by atoms with Crippen LogP contribution in [0.2, 0.25) is 10.0 Å². The summed E-state index contributed by atoms with van der Waals surface area (Å²) in [6.45, 7) is 1.87. The van der Waals surface area contributed by atoms with Gasteiger partial charge in [-0.15, -0.1) is 0 Å². The summed E-state index contributed by atoms with van der Waals surface area (Å²) in [5, 5.41) is 3.83. The topological polar surface area (TPSA) is 52.7 Å². The number of anilines is 1. The molecular formula is C16H21Cl2N3O2. The molecular weight excluding hydrogens is 337 g/mol. The van der Waals surface area contributed by atoms with Gasteiger partial charge in [-0.3, -0.25) is 9.59 Å². The quantitative estimate of drug-likeness (QED) is 0.795. The summed E-state index contributed by atoms with van der Waals surface area (Å²) in [5.74, 6) is -0.513. The summed E-state index contributed by atoms with van der Waals surface area (Å²) in [6, 6.07) is 4.99. The number of benzene rings is 1. The highest BCUT2D eigenvalue weighted by atomic mass is 35.5. The van der Waals surface area contributed by atoms with Crippen molar-refractivity contribution in [2.75, 3.05) is 38.6 Å². The van der Waals surface area contributed by atoms with E-state index in [-0.39, 0.29) is 24.2 Å². The Bertz CT molecular complexity index is 593. The van der Waals surface area contributed by atoms with Crippen LogP contribution in [0, 0.1) is 5.92 Å². The second-order valence-corrected chi connectivity index (χ2v) is 6.79. The van der Waals surface area contributed by atoms with Gasteiger partial charge in [0.05, 0.1) is 16.6 Å². The van der Waals surface area contributed by atoms with Crippen molar-refractivity contribution in [3.63, 3.8) is 0 Å². The van der Waals surface area contributed by atoms with Crippen LogP contribution in [0.25, 0.3) is 0 Å². The highest BCUT2D eigenvalue weighted by Crippen LogP contribution is 2.33. The first-order valence-corrected chi connectivity index (χ1v) is 8.32. The van der Waals surface area contributed by atoms with Gasteiger partial charge < -0.3 is 15.1 Å². The summed E-state index contributed by atoms with van der Waals surface area (Å²) in [7, 11) is 3.98. The summed E-state index contributed by atoms with van der Waals surface area (Å²) in [6.07, 6.45) is 1.09. The monoisotopic (exact) mass is 357 g/mol. The molecule has 0 spiro atoms. The first-order chi connectivity index (χ1) is 10.9. The van der Waals surface area contributed by atoms with Crippen molar-refractivity contribution in [2.45, 2.75) is 12.8 Å². The predicted molar refractivity (Wildman–Crippen MR) is 93.1 cm³/mol. The molecule has 0 bridgehead atoms. The van der Waals surface area contributed by atoms with Crippen LogP contribution in [0.15, 0.2) is 18.2 Å². The first-order valence-electron chi connectivity index (χ1n) is 7.56. The molecule has 1 aliphatic rings. The Morgan fingerprint density at radius 1 is 1.39 bits per heavy atom. The average molecular weight is 358 g/mol. The van der Waals surface area contributed by atoms with Crippen LogP contribution < -0.4 is 10.2 Å². The van der Waals surface area contributed by atoms with Gasteiger partial charge in [-0.25, -0.2) is 0 Å². The molecule has 126 valence electrons. The normalized spacial score (nSPS) is 17.9. The van der Waals surface area contributed by atoms with E-state index < -0.39 is 0 Å². The molecule has 5 nitrogen and oxygen atoms in total. The Morgan fingerprint density at radius 2 is 2.13 bits per heavy atom. The maximum atomic E-state index is 12.2. The Labute approximate surface area is 146 Å². The van der Waals surface area contributed by atoms with Gasteiger partial charge in [0.1, 0.15) is 0 Å². The standard InChI is InChI=1S/C16H21Cl2N3O2/c1-20(2)7-3-6-19-16(23)11-8-15(22)21(10-11)14-5-4-12(17)9-13(14)18/h4-5,9,11H,3,6-8,10H2,1-2H3,(H,19,23). The minimum Gasteiger partial charge on any atom is -0.356 e. The average Bonchev–Trinajstić information content (AvgIpc) is 2.85. The molecule has 1 fully saturated rings. The number of nitrogens with one attached hydrogen (secondary N) is 1. The lowest BCUT2D eigenvalue weighted by atomic mass is 10.1. The molecule has 0 aliphatic carbocycles. The summed E-state index contributed by atoms with van der Waals surface area (Å²) in [5.41, 5.74) is 0.601. The number of hydrogen-bond acceptors (Lipinski definition) is 3. The first kappa shape index (κ1) is 18.0. The highest BCUT2D eigenvalue weighted by Gasteiger charge is 2.35. The molecule has 1 heterocycles. The molecule has 1 atom stereocenters. The van der Waals surface area contributed by atoms with Crippen molar-refractivity contribution in [1.29, 1.82) is 0 Å². The molecule has 1 aromatic carbocycles. The number of rotatable bonds is 6. The summed E-state index contributed by atoms with van der Waals surface area (Å²) in [4.78, 5) is 28.0. The van der Waals surface area contributed by atoms with Crippen LogP contribution in [0.1, 0.15) is 12.8 Å². The van der Waals surface area contributed by atoms with Gasteiger partial charge in [-0.1, -0.05) is 23.2 Å². The Hall–Kier alpha value is -1.30. The van der Waals surface area contributed by atoms with E-state index >= 15 is 0 Å². The van der Waals surface area contributed by atoms with E-state index in [0.29, 0.717) is 28.8 Å². The van der Waals surface area contributed by atoms with E-state index in [1.807, 2.05) is 14.1 Å². The number of carbonyl (C=O) groups is 2. The van der Waals surface area contributed by atoms with E-state index in [9.17, 15) is 9.59 Å². The molecule has 1 unspecified atom stereocenters. The van der Waals surface area contributed by atoms with Crippen LogP contribution in [0.3, 0.4) is 0 Å². The summed E-state index contributed by atoms with van der Waals surface area (Å²) >= 11 is 12.0. The van der Waals surface area contributed by atoms with Crippen LogP contribution >= 0.6 is 23.2 Å². The van der Waals surface area contributed by atoms with E-state index in [1.165, 1.54) is 0 Å². The molecule has 23 heavy (non-hydrogen) atoms. The molecule has 1 aliphatic heterocycles. The van der Waals surface area contributed by atoms with Crippen molar-refractivity contribution in [3.8, 4) is 0 Å². The SMILES string of the molecule is CN(C)CCCNC(=O)C1CC(=O)N(c2ccc(Cl)cc2Cl)C1. The third kappa shape index (κ3) is 4.83. The number of carbonyl (C=O) groups excluding carboxylic acids is 2. The Kier molecular flexibility index (Phi) is 6.27. The fourth-order valence-electron chi connectivity index (χ4n) is 2.57. The van der Waals surface area contributed by atoms with Crippen molar-refractivity contribution >= 4 is 40.7 Å². The van der Waals surface area contributed by atoms with Gasteiger partial charge in [0.2, 0.25) is 11.8 Å². The van der Waals surface area contributed by atoms with Crippen molar-refractivity contribution < 1.29 is 9.59 Å². The van der Waals surface area contributed by atoms with Crippen LogP contribution in [0.4, 0.5) is 5.69 Å². The van der Waals surface area contributed by atoms with Gasteiger partial charge >= 0.3 is 0 Å². The molecule has 2 amide bonds. The van der Waals surface area contributed by atoms with Crippen LogP contribution in [-0.2, 0) is 9.59 Å². The smallest absolute Gasteiger partial charge is 0.227 e. The third-order valence-corrected chi connectivity index (χ3v) is 4.32. The molecule has 0 radical (unpaired) electrons. The third-order valence-electron chi connectivity index (χ3n) is 3.78. The van der Waals surface area contributed by atoms with Gasteiger partial charge in [0, 0.05) is 24.5 Å². The lowest BCUT2D eigenvalue weighted by Crippen LogP contribution is -2.34. The van der Waals surface area contributed by atoms with Crippen LogP contribution in [-0.4, -0.2) is 50.4 Å². The summed E-state index contributed by atoms with van der Waals surface area (Å²) < 4.78 is 0. The minimum absolute atomic E-state index is 0.0790. The van der Waals surface area contributed by atoms with Gasteiger partial charge in [0.15, 0.2) is 0 Å². The lowest BCUT2D eigenvalue weighted by molar-refractivity contribution is -0.126. The minimum atomic E-state index is -0.339. The van der Waals surface area contributed by atoms with E-state index in [2.05, 4.69) is 10.2 Å². The zero-order valence-corrected chi connectivity index (χ0v) is 14.8. The van der Waals surface area contributed by atoms with Gasteiger partial charge in [0.25, 0.3) is 0 Å². The molecule has 1 saturated heterocycles. The number of nitrogens with zero attached hydrogens (tertiary/aromatic N) is 2. The highest BCUT2D eigenvalue weighted by molar-refractivity contribution is 6.36. The van der Waals surface area contributed by atoms with Crippen LogP contribution in [0.5, 0.6) is 0 Å². The zero-order valence-electron chi connectivity index (χ0n) is 13.3. The molecule has 0 aromatic heterocycles. The predicted octanol–water partition coefficient (Wildman–Crippen LogP) is 2.41. The van der Waals surface area contributed by atoms with E-state index in [1.54, 1.807) is 23.1 Å². The maximum Gasteiger partial charge on any atom is 0.227 e. The molecule has 0 saturated carbocycles. The number of hydrogen-bond donors (Lipinski definition) is 1. The largest absolute Gasteiger partial charge is 0.356 e. The second kappa shape index (κ2) is 7.99. The van der Waals surface area contributed by atoms with Gasteiger partial charge in [-0.05, 0) is 45.3 Å². The van der Waals surface area contributed by atoms with E-state index in [4.69, 9.17) is 23.2 Å².